The molecule has 3 N–H and O–H groups in total. The van der Waals surface area contributed by atoms with Crippen LogP contribution in [0.25, 0.3) is 0 Å². The van der Waals surface area contributed by atoms with Crippen molar-refractivity contribution < 1.29 is 14.7 Å². The number of hydrogen-bond acceptors (Lipinski definition) is 4. The molecule has 0 spiro atoms. The number of carboxylic acid groups (broad SMARTS) is 1. The second-order valence-electron chi connectivity index (χ2n) is 5.03. The predicted molar refractivity (Wildman–Crippen MR) is 73.0 cm³/mol. The third-order valence-electron chi connectivity index (χ3n) is 3.22. The van der Waals surface area contributed by atoms with E-state index in [2.05, 4.69) is 15.5 Å². The van der Waals surface area contributed by atoms with Crippen LogP contribution in [-0.2, 0) is 9.59 Å². The molecule has 1 saturated heterocycles. The Morgan fingerprint density at radius 2 is 2.16 bits per heavy atom. The van der Waals surface area contributed by atoms with Crippen LogP contribution in [0.5, 0.6) is 0 Å². The number of nitrogens with one attached hydrogen (secondary N) is 2. The Hall–Kier alpha value is -1.14. The molecule has 1 heterocycles. The standard InChI is InChI=1S/C13H25N3O3/c1-2-4-11(9-13(18)19)15-12(17)10-16-7-3-5-14-6-8-16/h11,14H,2-10H2,1H3,(H,15,17)(H,18,19). The number of carboxylic acids is 1. The van der Waals surface area contributed by atoms with Crippen LogP contribution in [0.15, 0.2) is 0 Å². The molecular weight excluding hydrogens is 246 g/mol. The topological polar surface area (TPSA) is 81.7 Å². The van der Waals surface area contributed by atoms with Crippen LogP contribution in [-0.4, -0.2) is 60.6 Å². The van der Waals surface area contributed by atoms with Crippen molar-refractivity contribution in [1.29, 1.82) is 0 Å². The van der Waals surface area contributed by atoms with Crippen LogP contribution in [0.3, 0.4) is 0 Å². The van der Waals surface area contributed by atoms with Crippen molar-refractivity contribution >= 4 is 11.9 Å². The van der Waals surface area contributed by atoms with Crippen molar-refractivity contribution in [2.24, 2.45) is 0 Å². The van der Waals surface area contributed by atoms with Crippen LogP contribution in [0, 0.1) is 0 Å². The van der Waals surface area contributed by atoms with Crippen molar-refractivity contribution in [3.8, 4) is 0 Å². The Balaban J connectivity index is 2.35. The number of rotatable bonds is 7. The largest absolute Gasteiger partial charge is 0.481 e. The highest BCUT2D eigenvalue weighted by atomic mass is 16.4. The zero-order valence-corrected chi connectivity index (χ0v) is 11.7. The van der Waals surface area contributed by atoms with Gasteiger partial charge in [0.15, 0.2) is 0 Å². The Kier molecular flexibility index (Phi) is 7.43. The number of amides is 1. The fraction of sp³-hybridized carbons (Fsp3) is 0.846. The van der Waals surface area contributed by atoms with Crippen molar-refractivity contribution in [3.05, 3.63) is 0 Å². The Labute approximate surface area is 114 Å². The van der Waals surface area contributed by atoms with E-state index < -0.39 is 5.97 Å². The van der Waals surface area contributed by atoms with E-state index in [1.807, 2.05) is 6.92 Å². The lowest BCUT2D eigenvalue weighted by Gasteiger charge is -2.21. The zero-order chi connectivity index (χ0) is 14.1. The molecule has 1 rings (SSSR count). The van der Waals surface area contributed by atoms with E-state index in [9.17, 15) is 9.59 Å². The van der Waals surface area contributed by atoms with Gasteiger partial charge in [-0.25, -0.2) is 0 Å². The fourth-order valence-electron chi connectivity index (χ4n) is 2.32. The summed E-state index contributed by atoms with van der Waals surface area (Å²) in [6.07, 6.45) is 2.62. The van der Waals surface area contributed by atoms with E-state index in [4.69, 9.17) is 5.11 Å². The van der Waals surface area contributed by atoms with Crippen LogP contribution < -0.4 is 10.6 Å². The highest BCUT2D eigenvalue weighted by Crippen LogP contribution is 2.02. The molecule has 6 heteroatoms. The summed E-state index contributed by atoms with van der Waals surface area (Å²) in [5.74, 6) is -0.931. The van der Waals surface area contributed by atoms with Gasteiger partial charge in [-0.2, -0.15) is 0 Å². The third-order valence-corrected chi connectivity index (χ3v) is 3.22. The van der Waals surface area contributed by atoms with Crippen molar-refractivity contribution in [2.75, 3.05) is 32.7 Å². The molecule has 1 aliphatic rings. The summed E-state index contributed by atoms with van der Waals surface area (Å²) >= 11 is 0. The highest BCUT2D eigenvalue weighted by Gasteiger charge is 2.17. The minimum atomic E-state index is -0.863. The van der Waals surface area contributed by atoms with Gasteiger partial charge in [0, 0.05) is 19.1 Å². The number of hydrogen-bond donors (Lipinski definition) is 3. The first-order chi connectivity index (χ1) is 9.11. The van der Waals surface area contributed by atoms with E-state index in [-0.39, 0.29) is 18.4 Å². The molecular formula is C13H25N3O3. The second-order valence-corrected chi connectivity index (χ2v) is 5.03. The minimum Gasteiger partial charge on any atom is -0.481 e. The minimum absolute atomic E-state index is 0.00113. The van der Waals surface area contributed by atoms with Gasteiger partial charge in [-0.3, -0.25) is 14.5 Å². The van der Waals surface area contributed by atoms with E-state index in [0.29, 0.717) is 13.0 Å². The smallest absolute Gasteiger partial charge is 0.305 e. The quantitative estimate of drug-likeness (QED) is 0.609. The molecule has 1 atom stereocenters. The number of aliphatic carboxylic acids is 1. The molecule has 0 aromatic rings. The Bertz CT molecular complexity index is 289. The van der Waals surface area contributed by atoms with Crippen molar-refractivity contribution in [2.45, 2.75) is 38.6 Å². The van der Waals surface area contributed by atoms with Crippen LogP contribution in [0.2, 0.25) is 0 Å². The van der Waals surface area contributed by atoms with Gasteiger partial charge in [-0.1, -0.05) is 13.3 Å². The lowest BCUT2D eigenvalue weighted by molar-refractivity contribution is -0.137. The van der Waals surface area contributed by atoms with Crippen molar-refractivity contribution in [3.63, 3.8) is 0 Å². The first-order valence-electron chi connectivity index (χ1n) is 7.06. The Morgan fingerprint density at radius 1 is 1.37 bits per heavy atom. The number of carbonyl (C=O) groups is 2. The average molecular weight is 271 g/mol. The maximum absolute atomic E-state index is 11.9. The summed E-state index contributed by atoms with van der Waals surface area (Å²) in [5, 5.41) is 14.9. The molecule has 0 saturated carbocycles. The molecule has 1 fully saturated rings. The molecule has 1 aliphatic heterocycles. The molecule has 1 amide bonds. The SMILES string of the molecule is CCCC(CC(=O)O)NC(=O)CN1CCCNCC1. The summed E-state index contributed by atoms with van der Waals surface area (Å²) in [6.45, 7) is 6.03. The summed E-state index contributed by atoms with van der Waals surface area (Å²) < 4.78 is 0. The third kappa shape index (κ3) is 7.12. The Morgan fingerprint density at radius 3 is 2.84 bits per heavy atom. The molecule has 19 heavy (non-hydrogen) atoms. The summed E-state index contributed by atoms with van der Waals surface area (Å²) in [5.41, 5.74) is 0. The van der Waals surface area contributed by atoms with Gasteiger partial charge in [0.2, 0.25) is 5.91 Å². The van der Waals surface area contributed by atoms with E-state index in [0.717, 1.165) is 39.0 Å². The van der Waals surface area contributed by atoms with Gasteiger partial charge in [0.25, 0.3) is 0 Å². The molecule has 0 aliphatic carbocycles. The van der Waals surface area contributed by atoms with E-state index in [1.54, 1.807) is 0 Å². The summed E-state index contributed by atoms with van der Waals surface area (Å²) in [7, 11) is 0. The van der Waals surface area contributed by atoms with Crippen LogP contribution >= 0.6 is 0 Å². The molecule has 0 radical (unpaired) electrons. The number of nitrogens with zero attached hydrogens (tertiary/aromatic N) is 1. The molecule has 110 valence electrons. The van der Waals surface area contributed by atoms with Gasteiger partial charge < -0.3 is 15.7 Å². The van der Waals surface area contributed by atoms with Gasteiger partial charge >= 0.3 is 5.97 Å². The first kappa shape index (κ1) is 15.9. The van der Waals surface area contributed by atoms with Crippen LogP contribution in [0.1, 0.15) is 32.6 Å². The van der Waals surface area contributed by atoms with Gasteiger partial charge in [0.05, 0.1) is 13.0 Å². The van der Waals surface area contributed by atoms with Crippen LogP contribution in [0.4, 0.5) is 0 Å². The molecule has 0 bridgehead atoms. The monoisotopic (exact) mass is 271 g/mol. The lowest BCUT2D eigenvalue weighted by atomic mass is 10.1. The van der Waals surface area contributed by atoms with Crippen molar-refractivity contribution in [1.82, 2.24) is 15.5 Å². The number of carbonyl (C=O) groups excluding carboxylic acids is 1. The molecule has 0 aromatic carbocycles. The second kappa shape index (κ2) is 8.87. The maximum atomic E-state index is 11.9. The fourth-order valence-corrected chi connectivity index (χ4v) is 2.32. The van der Waals surface area contributed by atoms with E-state index >= 15 is 0 Å². The molecule has 6 nitrogen and oxygen atoms in total. The summed E-state index contributed by atoms with van der Waals surface area (Å²) in [6, 6.07) is -0.250. The maximum Gasteiger partial charge on any atom is 0.305 e. The average Bonchev–Trinajstić information content (AvgIpc) is 2.56. The normalized spacial score (nSPS) is 18.6. The predicted octanol–water partition coefficient (Wildman–Crippen LogP) is 0.0413. The lowest BCUT2D eigenvalue weighted by Crippen LogP contribution is -2.43. The zero-order valence-electron chi connectivity index (χ0n) is 11.7. The molecule has 1 unspecified atom stereocenters. The van der Waals surface area contributed by atoms with Gasteiger partial charge in [0.1, 0.15) is 0 Å². The first-order valence-corrected chi connectivity index (χ1v) is 7.06. The summed E-state index contributed by atoms with van der Waals surface area (Å²) in [4.78, 5) is 24.8. The van der Waals surface area contributed by atoms with E-state index in [1.165, 1.54) is 0 Å². The molecule has 0 aromatic heterocycles. The van der Waals surface area contributed by atoms with Gasteiger partial charge in [-0.05, 0) is 25.9 Å². The van der Waals surface area contributed by atoms with Gasteiger partial charge in [-0.15, -0.1) is 0 Å². The highest BCUT2D eigenvalue weighted by molar-refractivity contribution is 5.79.